The maximum atomic E-state index is 12.3. The molecule has 208 valence electrons. The molecule has 2 aromatic heterocycles. The topological polar surface area (TPSA) is 110 Å². The number of piperidine rings is 1. The molecule has 3 heterocycles. The number of nitriles is 1. The van der Waals surface area contributed by atoms with E-state index in [2.05, 4.69) is 52.4 Å². The Kier molecular flexibility index (Phi) is 7.65. The van der Waals surface area contributed by atoms with Crippen LogP contribution >= 0.6 is 0 Å². The molecule has 0 unspecified atom stereocenters. The Hall–Kier alpha value is -4.14. The molecule has 1 aliphatic heterocycles. The highest BCUT2D eigenvalue weighted by Crippen LogP contribution is 2.27. The van der Waals surface area contributed by atoms with Crippen molar-refractivity contribution in [1.29, 1.82) is 5.26 Å². The quantitative estimate of drug-likeness (QED) is 0.345. The molecule has 1 N–H and O–H groups in total. The number of fused-ring (bicyclic) bond motifs is 1. The first-order valence-electron chi connectivity index (χ1n) is 13.2. The molecule has 0 atom stereocenters. The molecular weight excluding hydrogens is 524 g/mol. The third kappa shape index (κ3) is 5.88. The van der Waals surface area contributed by atoms with Crippen LogP contribution in [0.2, 0.25) is 0 Å². The van der Waals surface area contributed by atoms with E-state index in [1.807, 2.05) is 29.0 Å². The van der Waals surface area contributed by atoms with Gasteiger partial charge in [-0.2, -0.15) is 10.2 Å². The van der Waals surface area contributed by atoms with Crippen molar-refractivity contribution in [3.8, 4) is 6.07 Å². The van der Waals surface area contributed by atoms with Gasteiger partial charge in [-0.1, -0.05) is 6.07 Å². The number of hydrogen-bond acceptors (Lipinski definition) is 8. The summed E-state index contributed by atoms with van der Waals surface area (Å²) in [5.41, 5.74) is 4.43. The summed E-state index contributed by atoms with van der Waals surface area (Å²) in [6.07, 6.45) is 7.14. The van der Waals surface area contributed by atoms with E-state index in [1.165, 1.54) is 17.0 Å². The van der Waals surface area contributed by atoms with Gasteiger partial charge in [-0.15, -0.1) is 0 Å². The van der Waals surface area contributed by atoms with Crippen LogP contribution in [0, 0.1) is 11.3 Å². The number of anilines is 4. The Balaban J connectivity index is 1.34. The summed E-state index contributed by atoms with van der Waals surface area (Å²) < 4.78 is 27.7. The molecule has 11 heteroatoms. The lowest BCUT2D eigenvalue weighted by Crippen LogP contribution is -2.41. The average molecular weight is 559 g/mol. The van der Waals surface area contributed by atoms with Crippen molar-refractivity contribution in [3.63, 3.8) is 0 Å². The predicted molar refractivity (Wildman–Crippen MR) is 160 cm³/mol. The monoisotopic (exact) mass is 558 g/mol. The molecule has 0 amide bonds. The predicted octanol–water partition coefficient (Wildman–Crippen LogP) is 4.02. The number of hydrogen-bond donors (Lipinski definition) is 1. The molecule has 0 aliphatic carbocycles. The first kappa shape index (κ1) is 27.4. The number of nitrogens with one attached hydrogen (secondary N) is 1. The van der Waals surface area contributed by atoms with Crippen molar-refractivity contribution in [2.24, 2.45) is 0 Å². The Labute approximate surface area is 235 Å². The van der Waals surface area contributed by atoms with E-state index in [0.717, 1.165) is 54.5 Å². The van der Waals surface area contributed by atoms with Crippen molar-refractivity contribution in [3.05, 3.63) is 72.1 Å². The smallest absolute Gasteiger partial charge is 0.232 e. The zero-order chi connectivity index (χ0) is 28.4. The van der Waals surface area contributed by atoms with Crippen LogP contribution in [-0.2, 0) is 16.6 Å². The normalized spacial score (nSPS) is 14.4. The molecule has 0 radical (unpaired) electrons. The van der Waals surface area contributed by atoms with Gasteiger partial charge in [0.25, 0.3) is 0 Å². The standard InChI is InChI=1S/C29H34N8O2S/c1-34(2)25-12-15-36(16-13-25)26-9-7-24(8-10-26)32-29-31-19-22-11-14-37(28(22)33-29)20-23-6-5-21(18-30)17-27(23)35(3)40(4,38)39/h5-11,14,17,19,25H,12-13,15-16,20H2,1-4H3,(H,31,32,33). The molecule has 1 saturated heterocycles. The fraction of sp³-hybridized carbons (Fsp3) is 0.345. The zero-order valence-corrected chi connectivity index (χ0v) is 24.1. The van der Waals surface area contributed by atoms with E-state index in [1.54, 1.807) is 24.4 Å². The van der Waals surface area contributed by atoms with Gasteiger partial charge in [-0.05, 0) is 75.0 Å². The van der Waals surface area contributed by atoms with Gasteiger partial charge in [0.05, 0.1) is 30.1 Å². The third-order valence-electron chi connectivity index (χ3n) is 7.58. The van der Waals surface area contributed by atoms with Crippen molar-refractivity contribution >= 4 is 44.1 Å². The summed E-state index contributed by atoms with van der Waals surface area (Å²) in [5, 5.41) is 13.5. The van der Waals surface area contributed by atoms with Gasteiger partial charge >= 0.3 is 0 Å². The number of nitrogens with zero attached hydrogens (tertiary/aromatic N) is 7. The second-order valence-electron chi connectivity index (χ2n) is 10.5. The summed E-state index contributed by atoms with van der Waals surface area (Å²) in [5.74, 6) is 0.473. The lowest BCUT2D eigenvalue weighted by atomic mass is 10.0. The second kappa shape index (κ2) is 11.2. The minimum atomic E-state index is -3.51. The van der Waals surface area contributed by atoms with E-state index in [9.17, 15) is 13.7 Å². The Morgan fingerprint density at radius 1 is 1.07 bits per heavy atom. The second-order valence-corrected chi connectivity index (χ2v) is 12.5. The van der Waals surface area contributed by atoms with Crippen molar-refractivity contribution in [2.75, 3.05) is 55.0 Å². The molecule has 0 spiro atoms. The lowest BCUT2D eigenvalue weighted by molar-refractivity contribution is 0.249. The van der Waals surface area contributed by atoms with Crippen LogP contribution < -0.4 is 14.5 Å². The van der Waals surface area contributed by atoms with Gasteiger partial charge in [0, 0.05) is 55.3 Å². The fourth-order valence-corrected chi connectivity index (χ4v) is 5.63. The fourth-order valence-electron chi connectivity index (χ4n) is 5.11. The minimum Gasteiger partial charge on any atom is -0.371 e. The van der Waals surface area contributed by atoms with Crippen LogP contribution in [0.5, 0.6) is 0 Å². The summed E-state index contributed by atoms with van der Waals surface area (Å²) in [7, 11) is 2.29. The summed E-state index contributed by atoms with van der Waals surface area (Å²) >= 11 is 0. The third-order valence-corrected chi connectivity index (χ3v) is 8.77. The van der Waals surface area contributed by atoms with E-state index in [4.69, 9.17) is 4.98 Å². The van der Waals surface area contributed by atoms with Gasteiger partial charge < -0.3 is 19.7 Å². The lowest BCUT2D eigenvalue weighted by Gasteiger charge is -2.36. The Bertz CT molecular complexity index is 1650. The Morgan fingerprint density at radius 2 is 1.80 bits per heavy atom. The summed E-state index contributed by atoms with van der Waals surface area (Å²) in [6.45, 7) is 2.47. The van der Waals surface area contributed by atoms with E-state index in [-0.39, 0.29) is 0 Å². The molecule has 1 aliphatic rings. The SMILES string of the molecule is CN(C)C1CCN(c2ccc(Nc3ncc4ccn(Cc5ccc(C#N)cc5N(C)S(C)(=O)=O)c4n3)cc2)CC1. The number of benzene rings is 2. The van der Waals surface area contributed by atoms with Gasteiger partial charge in [-0.3, -0.25) is 4.31 Å². The van der Waals surface area contributed by atoms with Gasteiger partial charge in [0.2, 0.25) is 16.0 Å². The maximum Gasteiger partial charge on any atom is 0.232 e. The number of sulfonamides is 1. The maximum absolute atomic E-state index is 12.3. The first-order valence-corrected chi connectivity index (χ1v) is 15.0. The largest absolute Gasteiger partial charge is 0.371 e. The highest BCUT2D eigenvalue weighted by molar-refractivity contribution is 7.92. The van der Waals surface area contributed by atoms with E-state index >= 15 is 0 Å². The molecule has 5 rings (SSSR count). The molecule has 10 nitrogen and oxygen atoms in total. The molecule has 4 aromatic rings. The Morgan fingerprint density at radius 3 is 2.45 bits per heavy atom. The van der Waals surface area contributed by atoms with Gasteiger partial charge in [0.1, 0.15) is 5.65 Å². The van der Waals surface area contributed by atoms with E-state index in [0.29, 0.717) is 29.8 Å². The first-order chi connectivity index (χ1) is 19.1. The minimum absolute atomic E-state index is 0.375. The molecular formula is C29H34N8O2S. The van der Waals surface area contributed by atoms with Crippen molar-refractivity contribution in [2.45, 2.75) is 25.4 Å². The molecule has 0 bridgehead atoms. The van der Waals surface area contributed by atoms with E-state index < -0.39 is 10.0 Å². The summed E-state index contributed by atoms with van der Waals surface area (Å²) in [4.78, 5) is 14.0. The van der Waals surface area contributed by atoms with Crippen LogP contribution in [0.1, 0.15) is 24.0 Å². The van der Waals surface area contributed by atoms with Crippen LogP contribution in [0.4, 0.5) is 23.0 Å². The van der Waals surface area contributed by atoms with Crippen LogP contribution in [0.25, 0.3) is 11.0 Å². The zero-order valence-electron chi connectivity index (χ0n) is 23.2. The average Bonchev–Trinajstić information content (AvgIpc) is 3.34. The van der Waals surface area contributed by atoms with Gasteiger partial charge in [-0.25, -0.2) is 13.4 Å². The van der Waals surface area contributed by atoms with Crippen molar-refractivity contribution < 1.29 is 8.42 Å². The van der Waals surface area contributed by atoms with Crippen LogP contribution in [0.3, 0.4) is 0 Å². The molecule has 0 saturated carbocycles. The molecule has 2 aromatic carbocycles. The number of rotatable bonds is 8. The van der Waals surface area contributed by atoms with Crippen molar-refractivity contribution in [1.82, 2.24) is 19.4 Å². The van der Waals surface area contributed by atoms with Crippen LogP contribution in [0.15, 0.2) is 60.9 Å². The number of aromatic nitrogens is 3. The van der Waals surface area contributed by atoms with Crippen LogP contribution in [-0.4, -0.2) is 74.4 Å². The summed E-state index contributed by atoms with van der Waals surface area (Å²) in [6, 6.07) is 18.1. The molecule has 40 heavy (non-hydrogen) atoms. The highest BCUT2D eigenvalue weighted by Gasteiger charge is 2.21. The van der Waals surface area contributed by atoms with Gasteiger partial charge in [0.15, 0.2) is 0 Å². The highest BCUT2D eigenvalue weighted by atomic mass is 32.2. The molecule has 1 fully saturated rings.